The second-order valence-corrected chi connectivity index (χ2v) is 5.97. The molecule has 0 unspecified atom stereocenters. The number of rotatable bonds is 6. The van der Waals surface area contributed by atoms with E-state index in [4.69, 9.17) is 9.47 Å². The molecule has 3 heteroatoms. The Morgan fingerprint density at radius 2 is 1.75 bits per heavy atom. The van der Waals surface area contributed by atoms with Crippen LogP contribution >= 0.6 is 0 Å². The van der Waals surface area contributed by atoms with Crippen LogP contribution in [0, 0.1) is 11.8 Å². The molecule has 1 aliphatic rings. The summed E-state index contributed by atoms with van der Waals surface area (Å²) in [4.78, 5) is 0. The van der Waals surface area contributed by atoms with E-state index < -0.39 is 5.60 Å². The zero-order chi connectivity index (χ0) is 14.8. The average molecular weight is 278 g/mol. The first-order valence-corrected chi connectivity index (χ1v) is 7.62. The van der Waals surface area contributed by atoms with Crippen molar-refractivity contribution < 1.29 is 14.6 Å². The van der Waals surface area contributed by atoms with Crippen molar-refractivity contribution >= 4 is 0 Å². The summed E-state index contributed by atoms with van der Waals surface area (Å²) in [6.07, 6.45) is 1.68. The normalized spacial score (nSPS) is 25.4. The Labute approximate surface area is 121 Å². The Morgan fingerprint density at radius 1 is 1.15 bits per heavy atom. The first-order valence-electron chi connectivity index (χ1n) is 7.62. The first kappa shape index (κ1) is 15.2. The zero-order valence-corrected chi connectivity index (χ0v) is 13.0. The Balaban J connectivity index is 2.19. The van der Waals surface area contributed by atoms with Crippen LogP contribution in [-0.4, -0.2) is 18.3 Å². The lowest BCUT2D eigenvalue weighted by atomic mass is 9.63. The van der Waals surface area contributed by atoms with Crippen molar-refractivity contribution in [2.24, 2.45) is 11.8 Å². The summed E-state index contributed by atoms with van der Waals surface area (Å²) in [7, 11) is 0. The van der Waals surface area contributed by atoms with E-state index in [9.17, 15) is 5.11 Å². The second kappa shape index (κ2) is 6.04. The highest BCUT2D eigenvalue weighted by molar-refractivity contribution is 5.45. The highest BCUT2D eigenvalue weighted by atomic mass is 16.5. The molecule has 1 aliphatic carbocycles. The van der Waals surface area contributed by atoms with Crippen LogP contribution in [0.15, 0.2) is 18.2 Å². The van der Waals surface area contributed by atoms with Gasteiger partial charge in [-0.25, -0.2) is 0 Å². The highest BCUT2D eigenvalue weighted by Crippen LogP contribution is 2.49. The summed E-state index contributed by atoms with van der Waals surface area (Å²) in [5, 5.41) is 10.7. The summed E-state index contributed by atoms with van der Waals surface area (Å²) in [5.41, 5.74) is 0.257. The van der Waals surface area contributed by atoms with Gasteiger partial charge < -0.3 is 14.6 Å². The molecule has 0 atom stereocenters. The van der Waals surface area contributed by atoms with Crippen LogP contribution in [0.3, 0.4) is 0 Å². The van der Waals surface area contributed by atoms with E-state index in [1.807, 2.05) is 32.0 Å². The highest BCUT2D eigenvalue weighted by Gasteiger charge is 2.45. The fourth-order valence-corrected chi connectivity index (χ4v) is 2.86. The third-order valence-corrected chi connectivity index (χ3v) is 4.22. The molecule has 0 heterocycles. The number of hydrogen-bond acceptors (Lipinski definition) is 3. The van der Waals surface area contributed by atoms with E-state index in [0.717, 1.165) is 29.9 Å². The number of ether oxygens (including phenoxy) is 2. The van der Waals surface area contributed by atoms with Gasteiger partial charge in [-0.15, -0.1) is 0 Å². The monoisotopic (exact) mass is 278 g/mol. The van der Waals surface area contributed by atoms with Gasteiger partial charge in [0.15, 0.2) is 11.5 Å². The van der Waals surface area contributed by atoms with Gasteiger partial charge in [-0.2, -0.15) is 0 Å². The van der Waals surface area contributed by atoms with Gasteiger partial charge >= 0.3 is 0 Å². The van der Waals surface area contributed by atoms with Crippen LogP contribution < -0.4 is 9.47 Å². The Morgan fingerprint density at radius 3 is 2.30 bits per heavy atom. The van der Waals surface area contributed by atoms with E-state index in [0.29, 0.717) is 25.0 Å². The summed E-state index contributed by atoms with van der Waals surface area (Å²) in [6, 6.07) is 5.81. The molecule has 20 heavy (non-hydrogen) atoms. The van der Waals surface area contributed by atoms with Gasteiger partial charge in [0.05, 0.1) is 18.8 Å². The molecule has 1 aromatic rings. The van der Waals surface area contributed by atoms with Crippen molar-refractivity contribution in [2.45, 2.75) is 46.1 Å². The minimum absolute atomic E-state index is 0.594. The van der Waals surface area contributed by atoms with E-state index in [2.05, 4.69) is 13.8 Å². The summed E-state index contributed by atoms with van der Waals surface area (Å²) in [5.74, 6) is 2.72. The molecule has 0 aliphatic heterocycles. The second-order valence-electron chi connectivity index (χ2n) is 5.97. The lowest BCUT2D eigenvalue weighted by Crippen LogP contribution is -2.43. The lowest BCUT2D eigenvalue weighted by molar-refractivity contribution is -0.0935. The number of hydrogen-bond donors (Lipinski definition) is 1. The van der Waals surface area contributed by atoms with E-state index >= 15 is 0 Å². The molecular formula is C17H26O3. The van der Waals surface area contributed by atoms with Crippen LogP contribution in [0.5, 0.6) is 11.5 Å². The van der Waals surface area contributed by atoms with E-state index in [1.54, 1.807) is 0 Å². The molecule has 0 aromatic heterocycles. The summed E-state index contributed by atoms with van der Waals surface area (Å²) < 4.78 is 11.2. The quantitative estimate of drug-likeness (QED) is 0.861. The van der Waals surface area contributed by atoms with Crippen LogP contribution in [-0.2, 0) is 5.60 Å². The molecule has 0 saturated heterocycles. The van der Waals surface area contributed by atoms with Gasteiger partial charge in [-0.1, -0.05) is 19.9 Å². The van der Waals surface area contributed by atoms with Crippen LogP contribution in [0.1, 0.15) is 46.1 Å². The van der Waals surface area contributed by atoms with Crippen molar-refractivity contribution in [1.82, 2.24) is 0 Å². The zero-order valence-electron chi connectivity index (χ0n) is 13.0. The maximum absolute atomic E-state index is 10.7. The molecule has 0 radical (unpaired) electrons. The van der Waals surface area contributed by atoms with Crippen molar-refractivity contribution in [3.05, 3.63) is 23.8 Å². The number of benzene rings is 1. The van der Waals surface area contributed by atoms with Crippen LogP contribution in [0.2, 0.25) is 0 Å². The van der Waals surface area contributed by atoms with E-state index in [-0.39, 0.29) is 0 Å². The van der Waals surface area contributed by atoms with Gasteiger partial charge in [0.25, 0.3) is 0 Å². The minimum Gasteiger partial charge on any atom is -0.490 e. The Kier molecular flexibility index (Phi) is 4.59. The molecule has 1 aromatic carbocycles. The van der Waals surface area contributed by atoms with Crippen molar-refractivity contribution in [2.75, 3.05) is 13.2 Å². The third-order valence-electron chi connectivity index (χ3n) is 4.22. The van der Waals surface area contributed by atoms with Crippen LogP contribution in [0.25, 0.3) is 0 Å². The van der Waals surface area contributed by atoms with Crippen molar-refractivity contribution in [3.8, 4) is 11.5 Å². The third kappa shape index (κ3) is 2.93. The molecule has 0 amide bonds. The SMILES string of the molecule is CCOc1ccc(C2(O)CC(C(C)C)C2)cc1OCC. The average Bonchev–Trinajstić information content (AvgIpc) is 2.37. The fraction of sp³-hybridized carbons (Fsp3) is 0.647. The lowest BCUT2D eigenvalue weighted by Gasteiger charge is -2.46. The maximum Gasteiger partial charge on any atom is 0.161 e. The van der Waals surface area contributed by atoms with Crippen molar-refractivity contribution in [1.29, 1.82) is 0 Å². The van der Waals surface area contributed by atoms with Gasteiger partial charge in [0.2, 0.25) is 0 Å². The van der Waals surface area contributed by atoms with Crippen molar-refractivity contribution in [3.63, 3.8) is 0 Å². The molecule has 0 bridgehead atoms. The van der Waals surface area contributed by atoms with Gasteiger partial charge in [0, 0.05) is 0 Å². The predicted molar refractivity (Wildman–Crippen MR) is 80.2 cm³/mol. The first-order chi connectivity index (χ1) is 9.50. The summed E-state index contributed by atoms with van der Waals surface area (Å²) >= 11 is 0. The van der Waals surface area contributed by atoms with Gasteiger partial charge in [-0.05, 0) is 56.2 Å². The molecule has 0 spiro atoms. The van der Waals surface area contributed by atoms with E-state index in [1.165, 1.54) is 0 Å². The molecule has 3 nitrogen and oxygen atoms in total. The number of aliphatic hydroxyl groups is 1. The largest absolute Gasteiger partial charge is 0.490 e. The molecule has 112 valence electrons. The topological polar surface area (TPSA) is 38.7 Å². The fourth-order valence-electron chi connectivity index (χ4n) is 2.86. The molecule has 1 N–H and O–H groups in total. The summed E-state index contributed by atoms with van der Waals surface area (Å²) in [6.45, 7) is 9.55. The Bertz CT molecular complexity index is 448. The molecular weight excluding hydrogens is 252 g/mol. The standard InChI is InChI=1S/C17H26O3/c1-5-19-15-8-7-14(9-16(15)20-6-2)17(18)10-13(11-17)12(3)4/h7-9,12-13,18H,5-6,10-11H2,1-4H3. The molecule has 2 rings (SSSR count). The minimum atomic E-state index is -0.689. The smallest absolute Gasteiger partial charge is 0.161 e. The molecule has 1 fully saturated rings. The van der Waals surface area contributed by atoms with Crippen LogP contribution in [0.4, 0.5) is 0 Å². The Hall–Kier alpha value is -1.22. The molecule has 1 saturated carbocycles. The maximum atomic E-state index is 10.7. The van der Waals surface area contributed by atoms with Gasteiger partial charge in [0.1, 0.15) is 0 Å². The predicted octanol–water partition coefficient (Wildman–Crippen LogP) is 3.74. The van der Waals surface area contributed by atoms with Gasteiger partial charge in [-0.3, -0.25) is 0 Å².